The molecule has 4 aromatic carbocycles. The second-order valence-corrected chi connectivity index (χ2v) is 14.8. The molecule has 0 unspecified atom stereocenters. The van der Waals surface area contributed by atoms with Crippen LogP contribution in [0.3, 0.4) is 0 Å². The van der Waals surface area contributed by atoms with E-state index in [9.17, 15) is 14.4 Å². The van der Waals surface area contributed by atoms with Gasteiger partial charge in [0, 0.05) is 28.1 Å². The van der Waals surface area contributed by atoms with Gasteiger partial charge in [0.2, 0.25) is 0 Å². The largest absolute Gasteiger partial charge is 0.465 e. The maximum atomic E-state index is 12.1. The number of hydrogen-bond donors (Lipinski definition) is 0. The molecule has 0 radical (unpaired) electrons. The van der Waals surface area contributed by atoms with E-state index >= 15 is 0 Å². The van der Waals surface area contributed by atoms with Crippen LogP contribution >= 0.6 is 15.9 Å². The van der Waals surface area contributed by atoms with Crippen molar-refractivity contribution in [2.24, 2.45) is 0 Å². The van der Waals surface area contributed by atoms with E-state index in [2.05, 4.69) is 94.8 Å². The number of fused-ring (bicyclic) bond motifs is 6. The highest BCUT2D eigenvalue weighted by molar-refractivity contribution is 9.10. The molecule has 2 atom stereocenters. The lowest BCUT2D eigenvalue weighted by Crippen LogP contribution is -2.39. The van der Waals surface area contributed by atoms with Crippen molar-refractivity contribution in [3.05, 3.63) is 164 Å². The summed E-state index contributed by atoms with van der Waals surface area (Å²) in [6.45, 7) is 0. The number of allylic oxidation sites excluding steroid dienone is 4. The molecule has 49 heavy (non-hydrogen) atoms. The summed E-state index contributed by atoms with van der Waals surface area (Å²) in [4.78, 5) is 36.0. The molecule has 0 amide bonds. The van der Waals surface area contributed by atoms with Crippen LogP contribution in [0.5, 0.6) is 0 Å². The monoisotopic (exact) mass is 712 g/mol. The zero-order valence-corrected chi connectivity index (χ0v) is 29.6. The molecule has 0 saturated carbocycles. The van der Waals surface area contributed by atoms with E-state index in [1.165, 1.54) is 51.6 Å². The summed E-state index contributed by atoms with van der Waals surface area (Å²) in [6, 6.07) is 33.7. The number of rotatable bonds is 5. The normalized spacial score (nSPS) is 22.2. The molecule has 4 aromatic rings. The van der Waals surface area contributed by atoms with Crippen LogP contribution < -0.4 is 0 Å². The maximum Gasteiger partial charge on any atom is 0.337 e. The first kappa shape index (κ1) is 33.2. The second-order valence-electron chi connectivity index (χ2n) is 13.9. The maximum absolute atomic E-state index is 12.1. The molecule has 0 N–H and O–H groups in total. The van der Waals surface area contributed by atoms with Crippen LogP contribution in [0.15, 0.2) is 125 Å². The molecular weight excluding hydrogens is 672 g/mol. The molecule has 4 aliphatic carbocycles. The van der Waals surface area contributed by atoms with Gasteiger partial charge in [-0.25, -0.2) is 4.79 Å². The molecule has 4 aliphatic rings. The minimum Gasteiger partial charge on any atom is -0.465 e. The van der Waals surface area contributed by atoms with E-state index in [0.29, 0.717) is 24.2 Å². The van der Waals surface area contributed by atoms with Crippen molar-refractivity contribution in [2.75, 3.05) is 7.11 Å². The highest BCUT2D eigenvalue weighted by Crippen LogP contribution is 2.50. The highest BCUT2D eigenvalue weighted by atomic mass is 79.9. The van der Waals surface area contributed by atoms with Gasteiger partial charge in [-0.1, -0.05) is 99.9 Å². The number of halogens is 1. The molecular formula is C44H41BrO4. The van der Waals surface area contributed by atoms with E-state index < -0.39 is 0 Å². The second kappa shape index (κ2) is 13.9. The number of ether oxygens (including phenoxy) is 1. The van der Waals surface area contributed by atoms with Crippen molar-refractivity contribution in [3.63, 3.8) is 0 Å². The van der Waals surface area contributed by atoms with Crippen LogP contribution in [-0.2, 0) is 50.8 Å². The molecule has 0 aliphatic heterocycles. The zero-order valence-electron chi connectivity index (χ0n) is 28.0. The lowest BCUT2D eigenvalue weighted by molar-refractivity contribution is -0.116. The van der Waals surface area contributed by atoms with Gasteiger partial charge in [-0.15, -0.1) is 0 Å². The van der Waals surface area contributed by atoms with Gasteiger partial charge < -0.3 is 4.74 Å². The van der Waals surface area contributed by atoms with Crippen molar-refractivity contribution in [1.82, 2.24) is 0 Å². The third-order valence-electron chi connectivity index (χ3n) is 11.1. The van der Waals surface area contributed by atoms with Gasteiger partial charge in [-0.2, -0.15) is 0 Å². The average Bonchev–Trinajstić information content (AvgIpc) is 3.12. The van der Waals surface area contributed by atoms with Gasteiger partial charge in [-0.05, 0) is 121 Å². The zero-order chi connectivity index (χ0) is 34.0. The number of ketones is 2. The third-order valence-corrected chi connectivity index (χ3v) is 11.6. The van der Waals surface area contributed by atoms with E-state index in [0.717, 1.165) is 55.8 Å². The topological polar surface area (TPSA) is 60.4 Å². The van der Waals surface area contributed by atoms with Gasteiger partial charge in [-0.3, -0.25) is 9.59 Å². The minimum absolute atomic E-state index is 0.00352. The molecule has 5 heteroatoms. The summed E-state index contributed by atoms with van der Waals surface area (Å²) in [7, 11) is 1.41. The van der Waals surface area contributed by atoms with Crippen molar-refractivity contribution in [3.8, 4) is 0 Å². The van der Waals surface area contributed by atoms with E-state index in [-0.39, 0.29) is 22.6 Å². The van der Waals surface area contributed by atoms with Crippen LogP contribution in [0.4, 0.5) is 0 Å². The Morgan fingerprint density at radius 3 is 1.63 bits per heavy atom. The first-order valence-corrected chi connectivity index (χ1v) is 18.2. The number of carbonyl (C=O) groups excluding carboxylic acids is 3. The number of esters is 1. The lowest BCUT2D eigenvalue weighted by atomic mass is 9.59. The fourth-order valence-corrected chi connectivity index (χ4v) is 9.22. The predicted octanol–water partition coefficient (Wildman–Crippen LogP) is 9.35. The summed E-state index contributed by atoms with van der Waals surface area (Å²) >= 11 is 3.60. The molecule has 0 bridgehead atoms. The summed E-state index contributed by atoms with van der Waals surface area (Å²) in [5.74, 6) is 0.229. The quantitative estimate of drug-likeness (QED) is 0.194. The smallest absolute Gasteiger partial charge is 0.337 e. The van der Waals surface area contributed by atoms with Crippen LogP contribution in [-0.4, -0.2) is 24.6 Å². The molecule has 248 valence electrons. The highest BCUT2D eigenvalue weighted by Gasteiger charge is 2.44. The van der Waals surface area contributed by atoms with Crippen LogP contribution in [0.25, 0.3) is 0 Å². The van der Waals surface area contributed by atoms with Crippen LogP contribution in [0, 0.1) is 0 Å². The fraction of sp³-hybridized carbons (Fsp3) is 0.295. The van der Waals surface area contributed by atoms with Gasteiger partial charge >= 0.3 is 5.97 Å². The summed E-state index contributed by atoms with van der Waals surface area (Å²) < 4.78 is 6.02. The van der Waals surface area contributed by atoms with Gasteiger partial charge in [0.15, 0.2) is 11.6 Å². The Morgan fingerprint density at radius 1 is 0.633 bits per heavy atom. The first-order chi connectivity index (χ1) is 23.8. The van der Waals surface area contributed by atoms with Crippen molar-refractivity contribution in [2.45, 2.75) is 75.0 Å². The SMILES string of the molecule is COC(=O)c1ccc2c(c1)CCC1=CC(=O)CC[C@]12Cc1ccccc1.O=C1C=C2CCc3cc(Br)ccc3[C@]2(Cc2ccccc2)CC1. The van der Waals surface area contributed by atoms with Crippen molar-refractivity contribution >= 4 is 33.5 Å². The molecule has 0 fully saturated rings. The Bertz CT molecular complexity index is 1970. The Kier molecular flexibility index (Phi) is 9.39. The van der Waals surface area contributed by atoms with Gasteiger partial charge in [0.1, 0.15) is 0 Å². The molecule has 0 spiro atoms. The number of benzene rings is 4. The Labute approximate surface area is 297 Å². The van der Waals surface area contributed by atoms with E-state index in [1.54, 1.807) is 0 Å². The van der Waals surface area contributed by atoms with E-state index in [1.807, 2.05) is 30.4 Å². The number of aryl methyl sites for hydroxylation is 2. The summed E-state index contributed by atoms with van der Waals surface area (Å²) in [6.07, 6.45) is 12.5. The lowest BCUT2D eigenvalue weighted by Gasteiger charge is -2.44. The number of hydrogen-bond acceptors (Lipinski definition) is 4. The van der Waals surface area contributed by atoms with Crippen LogP contribution in [0.2, 0.25) is 0 Å². The summed E-state index contributed by atoms with van der Waals surface area (Å²) in [5, 5.41) is 0. The summed E-state index contributed by atoms with van der Waals surface area (Å²) in [5.41, 5.74) is 11.0. The molecule has 0 aromatic heterocycles. The Balaban J connectivity index is 0.000000155. The average molecular weight is 714 g/mol. The molecule has 0 heterocycles. The van der Waals surface area contributed by atoms with Crippen molar-refractivity contribution < 1.29 is 19.1 Å². The fourth-order valence-electron chi connectivity index (χ4n) is 8.81. The van der Waals surface area contributed by atoms with Crippen molar-refractivity contribution in [1.29, 1.82) is 0 Å². The molecule has 8 rings (SSSR count). The van der Waals surface area contributed by atoms with Crippen LogP contribution in [0.1, 0.15) is 82.3 Å². The predicted molar refractivity (Wildman–Crippen MR) is 197 cm³/mol. The van der Waals surface area contributed by atoms with Gasteiger partial charge in [0.25, 0.3) is 0 Å². The number of methoxy groups -OCH3 is 1. The third kappa shape index (κ3) is 6.53. The Hall–Kier alpha value is -4.35. The van der Waals surface area contributed by atoms with E-state index in [4.69, 9.17) is 4.74 Å². The standard InChI is InChI=1S/C23H22O3.C21H19BrO/c1-26-22(25)18-8-10-21-17(13-18)7-9-19-14-20(24)11-12-23(19,21)15-16-5-3-2-4-6-16;22-18-8-9-20-16(12-18)6-7-17-13-19(23)10-11-21(17,20)14-15-4-2-1-3-5-15/h2-6,8,10,13-14H,7,9,11-12,15H2,1H3;1-5,8-9,12-13H,6-7,10-11,14H2/t23-;21-/m00/s1. The Morgan fingerprint density at radius 2 is 1.12 bits per heavy atom. The molecule has 4 nitrogen and oxygen atoms in total. The van der Waals surface area contributed by atoms with Gasteiger partial charge in [0.05, 0.1) is 12.7 Å². The minimum atomic E-state index is -0.301. The molecule has 0 saturated heterocycles. The first-order valence-electron chi connectivity index (χ1n) is 17.4. The number of carbonyl (C=O) groups is 3.